The third kappa shape index (κ3) is 4.33. The van der Waals surface area contributed by atoms with Crippen LogP contribution in [-0.4, -0.2) is 22.5 Å². The van der Waals surface area contributed by atoms with Crippen molar-refractivity contribution in [3.8, 4) is 0 Å². The first kappa shape index (κ1) is 20.3. The number of benzene rings is 2. The molecule has 0 atom stereocenters. The number of allylic oxidation sites excluding steroid dienone is 2. The van der Waals surface area contributed by atoms with Crippen LogP contribution in [0.3, 0.4) is 0 Å². The molecule has 0 spiro atoms. The first-order valence-electron chi connectivity index (χ1n) is 8.71. The molecule has 0 radical (unpaired) electrons. The fourth-order valence-electron chi connectivity index (χ4n) is 2.90. The second-order valence-electron chi connectivity index (χ2n) is 6.37. The molecule has 1 fully saturated rings. The van der Waals surface area contributed by atoms with Gasteiger partial charge in [0.15, 0.2) is 5.17 Å². The van der Waals surface area contributed by atoms with Gasteiger partial charge in [-0.25, -0.2) is 0 Å². The van der Waals surface area contributed by atoms with Crippen molar-refractivity contribution < 1.29 is 4.79 Å². The lowest BCUT2D eigenvalue weighted by Crippen LogP contribution is -2.30. The number of hydrogen-bond donors (Lipinski definition) is 1. The number of carbonyl (C=O) groups is 1. The second-order valence-corrected chi connectivity index (χ2v) is 9.23. The monoisotopic (exact) mass is 462 g/mol. The predicted octanol–water partition coefficient (Wildman–Crippen LogP) is 6.06. The number of amides is 1. The quantitative estimate of drug-likeness (QED) is 0.562. The molecule has 2 heterocycles. The number of aliphatic imine (C=N–C) groups is 1. The highest BCUT2D eigenvalue weighted by atomic mass is 35.5. The molecule has 29 heavy (non-hydrogen) atoms. The van der Waals surface area contributed by atoms with Gasteiger partial charge in [0.2, 0.25) is 5.91 Å². The molecular weight excluding hydrogens is 447 g/mol. The molecule has 9 heteroatoms. The van der Waals surface area contributed by atoms with Crippen LogP contribution in [0.5, 0.6) is 0 Å². The van der Waals surface area contributed by atoms with E-state index < -0.39 is 0 Å². The maximum Gasteiger partial charge on any atom is 0.243 e. The van der Waals surface area contributed by atoms with Crippen molar-refractivity contribution >= 4 is 74.9 Å². The maximum absolute atomic E-state index is 12.4. The molecule has 1 saturated heterocycles. The Bertz CT molecular complexity index is 1080. The van der Waals surface area contributed by atoms with Gasteiger partial charge in [0.05, 0.1) is 27.7 Å². The molecule has 5 nitrogen and oxygen atoms in total. The average Bonchev–Trinajstić information content (AvgIpc) is 3.07. The van der Waals surface area contributed by atoms with Crippen molar-refractivity contribution in [2.75, 3.05) is 10.7 Å². The lowest BCUT2D eigenvalue weighted by Gasteiger charge is -2.19. The van der Waals surface area contributed by atoms with Crippen LogP contribution in [0.25, 0.3) is 0 Å². The normalized spacial score (nSPS) is 19.3. The Hall–Kier alpha value is -1.93. The van der Waals surface area contributed by atoms with Crippen LogP contribution in [0.1, 0.15) is 13.8 Å². The standard InChI is InChI=1S/C20H16Cl2N4OS2/c1-11-19(29-17-9-14(22)5-8-16(17)23-11)12(2)24-25-20-26(18(27)10-28-20)15-6-3-13(21)4-7-15/h3-9,24H,10H2,1-2H3/b19-12-,25-20-. The van der Waals surface area contributed by atoms with Gasteiger partial charge in [-0.2, -0.15) is 0 Å². The van der Waals surface area contributed by atoms with Crippen molar-refractivity contribution in [3.63, 3.8) is 0 Å². The maximum atomic E-state index is 12.4. The van der Waals surface area contributed by atoms with E-state index >= 15 is 0 Å². The zero-order valence-corrected chi connectivity index (χ0v) is 18.7. The molecule has 2 aliphatic heterocycles. The molecule has 0 aromatic heterocycles. The van der Waals surface area contributed by atoms with E-state index in [4.69, 9.17) is 23.2 Å². The molecule has 1 N–H and O–H groups in total. The van der Waals surface area contributed by atoms with Crippen molar-refractivity contribution in [3.05, 3.63) is 63.1 Å². The predicted molar refractivity (Wildman–Crippen MR) is 125 cm³/mol. The molecule has 2 aromatic rings. The van der Waals surface area contributed by atoms with Gasteiger partial charge >= 0.3 is 0 Å². The van der Waals surface area contributed by atoms with E-state index in [0.29, 0.717) is 21.0 Å². The molecule has 0 unspecified atom stereocenters. The number of halogens is 2. The SMILES string of the molecule is CC1=Nc2ccc(Cl)cc2S/C1=C(/C)N/N=C1\SCC(=O)N1c1ccc(Cl)cc1. The lowest BCUT2D eigenvalue weighted by molar-refractivity contribution is -0.115. The Morgan fingerprint density at radius 2 is 1.90 bits per heavy atom. The van der Waals surface area contributed by atoms with Gasteiger partial charge in [-0.15, -0.1) is 5.10 Å². The highest BCUT2D eigenvalue weighted by Crippen LogP contribution is 2.42. The number of hydrogen-bond acceptors (Lipinski definition) is 6. The van der Waals surface area contributed by atoms with Crippen LogP contribution in [0.4, 0.5) is 11.4 Å². The number of thioether (sulfide) groups is 2. The molecule has 0 bridgehead atoms. The summed E-state index contributed by atoms with van der Waals surface area (Å²) >= 11 is 15.1. The second kappa shape index (κ2) is 8.44. The summed E-state index contributed by atoms with van der Waals surface area (Å²) in [6.45, 7) is 3.90. The summed E-state index contributed by atoms with van der Waals surface area (Å²) in [6.07, 6.45) is 0. The minimum Gasteiger partial charge on any atom is -0.279 e. The molecule has 148 valence electrons. The fraction of sp³-hybridized carbons (Fsp3) is 0.150. The Labute approximate surface area is 187 Å². The van der Waals surface area contributed by atoms with Crippen molar-refractivity contribution in [2.45, 2.75) is 18.7 Å². The zero-order valence-electron chi connectivity index (χ0n) is 15.6. The van der Waals surface area contributed by atoms with E-state index in [9.17, 15) is 4.79 Å². The number of hydrazone groups is 1. The van der Waals surface area contributed by atoms with Crippen LogP contribution >= 0.6 is 46.7 Å². The molecule has 1 amide bonds. The summed E-state index contributed by atoms with van der Waals surface area (Å²) in [6, 6.07) is 12.8. The number of anilines is 1. The molecule has 4 rings (SSSR count). The number of nitrogens with zero attached hydrogens (tertiary/aromatic N) is 3. The van der Waals surface area contributed by atoms with Gasteiger partial charge in [-0.3, -0.25) is 20.1 Å². The number of nitrogens with one attached hydrogen (secondary N) is 1. The summed E-state index contributed by atoms with van der Waals surface area (Å²) in [5, 5.41) is 6.38. The highest BCUT2D eigenvalue weighted by molar-refractivity contribution is 8.15. The molecule has 2 aliphatic rings. The van der Waals surface area contributed by atoms with Crippen LogP contribution < -0.4 is 10.3 Å². The van der Waals surface area contributed by atoms with E-state index in [1.165, 1.54) is 11.8 Å². The van der Waals surface area contributed by atoms with Gasteiger partial charge in [0.1, 0.15) is 0 Å². The van der Waals surface area contributed by atoms with Crippen molar-refractivity contribution in [2.24, 2.45) is 10.1 Å². The van der Waals surface area contributed by atoms with E-state index in [1.807, 2.05) is 32.0 Å². The number of amidine groups is 1. The fourth-order valence-corrected chi connectivity index (χ4v) is 5.10. The van der Waals surface area contributed by atoms with Crippen molar-refractivity contribution in [1.29, 1.82) is 0 Å². The van der Waals surface area contributed by atoms with Gasteiger partial charge in [0.25, 0.3) is 0 Å². The Balaban J connectivity index is 1.59. The Morgan fingerprint density at radius 1 is 1.17 bits per heavy atom. The summed E-state index contributed by atoms with van der Waals surface area (Å²) in [4.78, 5) is 20.6. The minimum atomic E-state index is -0.0171. The van der Waals surface area contributed by atoms with Crippen LogP contribution in [0.2, 0.25) is 10.0 Å². The Kier molecular flexibility index (Phi) is 5.92. The van der Waals surface area contributed by atoms with Crippen LogP contribution in [0.15, 0.2) is 68.1 Å². The number of carbonyl (C=O) groups excluding carboxylic acids is 1. The third-order valence-corrected chi connectivity index (χ3v) is 7.02. The third-order valence-electron chi connectivity index (χ3n) is 4.26. The first-order chi connectivity index (χ1) is 13.9. The largest absolute Gasteiger partial charge is 0.279 e. The lowest BCUT2D eigenvalue weighted by atomic mass is 10.3. The van der Waals surface area contributed by atoms with E-state index in [1.54, 1.807) is 40.9 Å². The summed E-state index contributed by atoms with van der Waals surface area (Å²) in [5.74, 6) is 0.330. The van der Waals surface area contributed by atoms with E-state index in [2.05, 4.69) is 15.5 Å². The summed E-state index contributed by atoms with van der Waals surface area (Å²) in [5.41, 5.74) is 6.50. The molecule has 2 aromatic carbocycles. The molecule has 0 saturated carbocycles. The van der Waals surface area contributed by atoms with Gasteiger partial charge in [-0.1, -0.05) is 46.7 Å². The van der Waals surface area contributed by atoms with Gasteiger partial charge < -0.3 is 0 Å². The number of fused-ring (bicyclic) bond motifs is 1. The minimum absolute atomic E-state index is 0.0171. The van der Waals surface area contributed by atoms with E-state index in [-0.39, 0.29) is 5.91 Å². The highest BCUT2D eigenvalue weighted by Gasteiger charge is 2.30. The summed E-state index contributed by atoms with van der Waals surface area (Å²) in [7, 11) is 0. The average molecular weight is 463 g/mol. The van der Waals surface area contributed by atoms with E-state index in [0.717, 1.165) is 32.6 Å². The van der Waals surface area contributed by atoms with Gasteiger partial charge in [0, 0.05) is 20.6 Å². The Morgan fingerprint density at radius 3 is 2.66 bits per heavy atom. The molecular formula is C20H16Cl2N4OS2. The van der Waals surface area contributed by atoms with Crippen molar-refractivity contribution in [1.82, 2.24) is 5.43 Å². The smallest absolute Gasteiger partial charge is 0.243 e. The van der Waals surface area contributed by atoms with Crippen LogP contribution in [-0.2, 0) is 4.79 Å². The first-order valence-corrected chi connectivity index (χ1v) is 11.3. The zero-order chi connectivity index (χ0) is 20.5. The number of rotatable bonds is 3. The van der Waals surface area contributed by atoms with Gasteiger partial charge in [-0.05, 0) is 56.3 Å². The topological polar surface area (TPSA) is 57.1 Å². The summed E-state index contributed by atoms with van der Waals surface area (Å²) < 4.78 is 0. The van der Waals surface area contributed by atoms with Crippen LogP contribution in [0, 0.1) is 0 Å². The molecule has 0 aliphatic carbocycles.